The van der Waals surface area contributed by atoms with Crippen molar-refractivity contribution in [3.8, 4) is 12.3 Å². The average Bonchev–Trinajstić information content (AvgIpc) is 3.19. The smallest absolute Gasteiger partial charge is 0.252 e. The molecule has 2 aromatic carbocycles. The van der Waals surface area contributed by atoms with Gasteiger partial charge < -0.3 is 4.57 Å². The number of benzene rings is 2. The van der Waals surface area contributed by atoms with Gasteiger partial charge in [0.1, 0.15) is 5.82 Å². The second-order valence-electron chi connectivity index (χ2n) is 8.69. The van der Waals surface area contributed by atoms with E-state index in [1.807, 2.05) is 10.6 Å². The van der Waals surface area contributed by atoms with Crippen molar-refractivity contribution in [3.63, 3.8) is 0 Å². The van der Waals surface area contributed by atoms with Gasteiger partial charge in [-0.15, -0.1) is 6.42 Å². The van der Waals surface area contributed by atoms with E-state index in [9.17, 15) is 17.6 Å². The number of aryl methyl sites for hydroxylation is 1. The lowest BCUT2D eigenvalue weighted by Gasteiger charge is -2.30. The van der Waals surface area contributed by atoms with Crippen molar-refractivity contribution in [1.29, 1.82) is 0 Å². The normalized spacial score (nSPS) is 17.5. The third-order valence-corrected chi connectivity index (χ3v) is 9.13. The van der Waals surface area contributed by atoms with Crippen LogP contribution >= 0.6 is 11.3 Å². The summed E-state index contributed by atoms with van der Waals surface area (Å²) in [4.78, 5) is 18.1. The Balaban J connectivity index is 1.61. The number of fused-ring (bicyclic) bond motifs is 1. The fraction of sp³-hybridized carbons (Fsp3) is 0.385. The van der Waals surface area contributed by atoms with Gasteiger partial charge >= 0.3 is 0 Å². The van der Waals surface area contributed by atoms with Crippen LogP contribution in [0, 0.1) is 24.1 Å². The zero-order valence-electron chi connectivity index (χ0n) is 19.6. The highest BCUT2D eigenvalue weighted by Gasteiger charge is 2.33. The first-order valence-corrected chi connectivity index (χ1v) is 14.0. The summed E-state index contributed by atoms with van der Waals surface area (Å²) >= 11 is 1.42. The van der Waals surface area contributed by atoms with Gasteiger partial charge in [0.15, 0.2) is 4.80 Å². The molecule has 1 atom stereocenters. The molecule has 0 spiro atoms. The van der Waals surface area contributed by atoms with Crippen LogP contribution in [0.25, 0.3) is 10.2 Å². The molecule has 0 saturated carbocycles. The number of rotatable bonds is 7. The maximum atomic E-state index is 13.3. The molecule has 1 saturated heterocycles. The average molecular weight is 514 g/mol. The van der Waals surface area contributed by atoms with Crippen molar-refractivity contribution in [2.75, 3.05) is 13.1 Å². The molecule has 4 rings (SSSR count). The lowest BCUT2D eigenvalue weighted by atomic mass is 9.99. The van der Waals surface area contributed by atoms with E-state index in [0.29, 0.717) is 24.2 Å². The number of thiazole rings is 1. The summed E-state index contributed by atoms with van der Waals surface area (Å²) in [5.74, 6) is 1.23. The SMILES string of the molecule is C#CCn1c(=NC(=O)C2CCCN(S(=O)(=O)c3ccc(F)cc3)C2)sc2cc(CCCC)ccc21. The molecule has 1 aliphatic rings. The van der Waals surface area contributed by atoms with Crippen molar-refractivity contribution in [2.45, 2.75) is 50.5 Å². The van der Waals surface area contributed by atoms with Crippen molar-refractivity contribution < 1.29 is 17.6 Å². The number of nitrogens with zero attached hydrogens (tertiary/aromatic N) is 3. The maximum absolute atomic E-state index is 13.3. The summed E-state index contributed by atoms with van der Waals surface area (Å²) in [6.45, 7) is 2.80. The summed E-state index contributed by atoms with van der Waals surface area (Å²) in [5, 5.41) is 0. The van der Waals surface area contributed by atoms with Crippen LogP contribution in [0.5, 0.6) is 0 Å². The summed E-state index contributed by atoms with van der Waals surface area (Å²) in [6, 6.07) is 11.0. The van der Waals surface area contributed by atoms with E-state index in [-0.39, 0.29) is 23.9 Å². The van der Waals surface area contributed by atoms with Crippen LogP contribution in [0.4, 0.5) is 4.39 Å². The number of amides is 1. The standard InChI is InChI=1S/C26H28FN3O3S2/c1-3-5-7-19-9-14-23-24(17-19)34-26(30(23)15-4-2)28-25(31)20-8-6-16-29(18-20)35(32,33)22-12-10-21(27)11-13-22/h2,9-14,17,20H,3,5-8,15-16,18H2,1H3. The van der Waals surface area contributed by atoms with E-state index < -0.39 is 21.8 Å². The first-order chi connectivity index (χ1) is 16.8. The van der Waals surface area contributed by atoms with Gasteiger partial charge in [0.2, 0.25) is 10.0 Å². The highest BCUT2D eigenvalue weighted by molar-refractivity contribution is 7.89. The molecule has 1 fully saturated rings. The van der Waals surface area contributed by atoms with Crippen molar-refractivity contribution >= 4 is 37.5 Å². The molecule has 9 heteroatoms. The Hall–Kier alpha value is -2.80. The predicted octanol–water partition coefficient (Wildman–Crippen LogP) is 4.35. The molecule has 2 heterocycles. The van der Waals surface area contributed by atoms with Crippen molar-refractivity contribution in [2.24, 2.45) is 10.9 Å². The molecule has 184 valence electrons. The molecule has 0 aliphatic carbocycles. The molecular weight excluding hydrogens is 485 g/mol. The number of carbonyl (C=O) groups is 1. The molecule has 0 bridgehead atoms. The Bertz CT molecular complexity index is 1430. The molecule has 0 radical (unpaired) electrons. The number of halogens is 1. The number of hydrogen-bond donors (Lipinski definition) is 0. The first kappa shape index (κ1) is 25.3. The molecule has 1 aliphatic heterocycles. The minimum absolute atomic E-state index is 0.0131. The summed E-state index contributed by atoms with van der Waals surface area (Å²) in [6.07, 6.45) is 9.90. The number of carbonyl (C=O) groups excluding carboxylic acids is 1. The van der Waals surface area contributed by atoms with Crippen LogP contribution in [0.1, 0.15) is 38.2 Å². The maximum Gasteiger partial charge on any atom is 0.252 e. The van der Waals surface area contributed by atoms with Gasteiger partial charge in [0.05, 0.1) is 27.6 Å². The quantitative estimate of drug-likeness (QED) is 0.441. The largest absolute Gasteiger partial charge is 0.305 e. The number of aromatic nitrogens is 1. The Kier molecular flexibility index (Phi) is 7.85. The number of sulfonamides is 1. The lowest BCUT2D eigenvalue weighted by molar-refractivity contribution is -0.122. The first-order valence-electron chi connectivity index (χ1n) is 11.7. The second kappa shape index (κ2) is 10.9. The fourth-order valence-electron chi connectivity index (χ4n) is 4.29. The van der Waals surface area contributed by atoms with Crippen LogP contribution in [0.2, 0.25) is 0 Å². The molecule has 1 aromatic heterocycles. The van der Waals surface area contributed by atoms with Gasteiger partial charge in [0.25, 0.3) is 5.91 Å². The van der Waals surface area contributed by atoms with Crippen molar-refractivity contribution in [3.05, 3.63) is 58.6 Å². The van der Waals surface area contributed by atoms with E-state index in [1.54, 1.807) is 0 Å². The van der Waals surface area contributed by atoms with Gasteiger partial charge in [0, 0.05) is 13.1 Å². The molecule has 1 amide bonds. The molecule has 0 N–H and O–H groups in total. The van der Waals surface area contributed by atoms with Gasteiger partial charge in [-0.3, -0.25) is 4.79 Å². The van der Waals surface area contributed by atoms with Gasteiger partial charge in [-0.25, -0.2) is 12.8 Å². The topological polar surface area (TPSA) is 71.7 Å². The second-order valence-corrected chi connectivity index (χ2v) is 11.6. The van der Waals surface area contributed by atoms with Crippen LogP contribution in [0.3, 0.4) is 0 Å². The number of unbranched alkanes of at least 4 members (excludes halogenated alkanes) is 1. The van der Waals surface area contributed by atoms with Gasteiger partial charge in [-0.2, -0.15) is 9.30 Å². The summed E-state index contributed by atoms with van der Waals surface area (Å²) in [5.41, 5.74) is 2.17. The van der Waals surface area contributed by atoms with Crippen LogP contribution in [-0.4, -0.2) is 36.3 Å². The Morgan fingerprint density at radius 3 is 2.74 bits per heavy atom. The molecule has 3 aromatic rings. The predicted molar refractivity (Wildman–Crippen MR) is 136 cm³/mol. The number of terminal acetylenes is 1. The van der Waals surface area contributed by atoms with Crippen LogP contribution in [0.15, 0.2) is 52.4 Å². The third-order valence-electron chi connectivity index (χ3n) is 6.21. The van der Waals surface area contributed by atoms with Gasteiger partial charge in [-0.1, -0.05) is 36.7 Å². The Morgan fingerprint density at radius 1 is 1.26 bits per heavy atom. The molecule has 1 unspecified atom stereocenters. The minimum Gasteiger partial charge on any atom is -0.305 e. The number of piperidine rings is 1. The van der Waals surface area contributed by atoms with Crippen molar-refractivity contribution in [1.82, 2.24) is 8.87 Å². The Labute approximate surface area is 209 Å². The van der Waals surface area contributed by atoms with E-state index in [4.69, 9.17) is 6.42 Å². The van der Waals surface area contributed by atoms with Crippen LogP contribution < -0.4 is 4.80 Å². The number of hydrogen-bond acceptors (Lipinski definition) is 4. The van der Waals surface area contributed by atoms with E-state index in [0.717, 1.165) is 41.6 Å². The van der Waals surface area contributed by atoms with Crippen LogP contribution in [-0.2, 0) is 27.8 Å². The Morgan fingerprint density at radius 2 is 2.03 bits per heavy atom. The van der Waals surface area contributed by atoms with E-state index in [1.165, 1.54) is 33.3 Å². The molecule has 6 nitrogen and oxygen atoms in total. The molecule has 35 heavy (non-hydrogen) atoms. The lowest BCUT2D eigenvalue weighted by Crippen LogP contribution is -2.42. The monoisotopic (exact) mass is 513 g/mol. The zero-order valence-corrected chi connectivity index (χ0v) is 21.2. The third kappa shape index (κ3) is 5.56. The van der Waals surface area contributed by atoms with Gasteiger partial charge in [-0.05, 0) is 67.6 Å². The summed E-state index contributed by atoms with van der Waals surface area (Å²) in [7, 11) is -3.82. The van der Waals surface area contributed by atoms with E-state index in [2.05, 4.69) is 30.0 Å². The highest BCUT2D eigenvalue weighted by atomic mass is 32.2. The van der Waals surface area contributed by atoms with E-state index >= 15 is 0 Å². The zero-order chi connectivity index (χ0) is 25.0. The molecular formula is C26H28FN3O3S2. The summed E-state index contributed by atoms with van der Waals surface area (Å²) < 4.78 is 43.5. The fourth-order valence-corrected chi connectivity index (χ4v) is 6.91. The minimum atomic E-state index is -3.82. The highest BCUT2D eigenvalue weighted by Crippen LogP contribution is 2.25.